The van der Waals surface area contributed by atoms with Gasteiger partial charge in [0, 0.05) is 17.7 Å². The minimum Gasteiger partial charge on any atom is -0.493 e. The Hall–Kier alpha value is -1.88. The molecule has 0 spiro atoms. The molecule has 0 saturated carbocycles. The molecule has 0 aliphatic heterocycles. The van der Waals surface area contributed by atoms with E-state index >= 15 is 0 Å². The van der Waals surface area contributed by atoms with Gasteiger partial charge in [0.25, 0.3) is 0 Å². The number of carbonyl (C=O) groups excluding carboxylic acids is 1. The maximum Gasteiger partial charge on any atom is 1.00 e. The summed E-state index contributed by atoms with van der Waals surface area (Å²) < 4.78 is 104. The summed E-state index contributed by atoms with van der Waals surface area (Å²) in [6.07, 6.45) is 0.998. The first kappa shape index (κ1) is 47.1. The third kappa shape index (κ3) is 15.6. The molecule has 0 bridgehead atoms. The van der Waals surface area contributed by atoms with E-state index in [1.807, 2.05) is 13.8 Å². The molecule has 0 N–H and O–H groups in total. The molecule has 12 heteroatoms. The number of carbonyl (C=O) groups is 1. The number of hydrogen-bond acceptors (Lipinski definition) is 4. The average molecular weight is 742 g/mol. The van der Waals surface area contributed by atoms with Gasteiger partial charge in [0.05, 0.1) is 36.3 Å². The zero-order valence-electron chi connectivity index (χ0n) is 31.6. The molecule has 51 heavy (non-hydrogen) atoms. The summed E-state index contributed by atoms with van der Waals surface area (Å²) in [5.74, 6) is 1.40. The van der Waals surface area contributed by atoms with Crippen molar-refractivity contribution < 1.29 is 64.2 Å². The first-order valence-corrected chi connectivity index (χ1v) is 19.4. The SMILES string of the molecule is CCCCC(CC)COc1cc(OCC(CC)CCCC)c(PC(=O)c2c(C(F)(F)F)cccc2C(F)(F)F)c(OCC(CC)CCCC)c1.[Li+]. The van der Waals surface area contributed by atoms with E-state index < -0.39 is 43.1 Å². The van der Waals surface area contributed by atoms with Gasteiger partial charge in [-0.15, -0.1) is 0 Å². The Bertz CT molecular complexity index is 1230. The molecule has 2 rings (SSSR count). The van der Waals surface area contributed by atoms with Gasteiger partial charge in [-0.1, -0.05) is 105 Å². The number of alkyl halides is 6. The Balaban J connectivity index is 0.0000130. The van der Waals surface area contributed by atoms with Crippen LogP contribution in [0.4, 0.5) is 26.3 Å². The van der Waals surface area contributed by atoms with Crippen LogP contribution >= 0.6 is 8.58 Å². The summed E-state index contributed by atoms with van der Waals surface area (Å²) in [4.78, 5) is 13.8. The van der Waals surface area contributed by atoms with Gasteiger partial charge in [0.1, 0.15) is 17.2 Å². The van der Waals surface area contributed by atoms with E-state index in [1.165, 1.54) is 0 Å². The van der Waals surface area contributed by atoms with Crippen molar-refractivity contribution in [1.29, 1.82) is 0 Å². The molecular formula is C39H57F6LiO4P+. The van der Waals surface area contributed by atoms with Crippen LogP contribution in [0.1, 0.15) is 140 Å². The predicted molar refractivity (Wildman–Crippen MR) is 192 cm³/mol. The Kier molecular flexibility index (Phi) is 21.9. The largest absolute Gasteiger partial charge is 1.00 e. The third-order valence-electron chi connectivity index (χ3n) is 9.24. The second kappa shape index (κ2) is 23.7. The van der Waals surface area contributed by atoms with Gasteiger partial charge >= 0.3 is 31.2 Å². The van der Waals surface area contributed by atoms with Crippen LogP contribution < -0.4 is 38.4 Å². The van der Waals surface area contributed by atoms with Crippen LogP contribution in [-0.4, -0.2) is 25.3 Å². The first-order valence-electron chi connectivity index (χ1n) is 18.4. The van der Waals surface area contributed by atoms with E-state index in [0.29, 0.717) is 36.5 Å². The summed E-state index contributed by atoms with van der Waals surface area (Å²) in [7, 11) is -1.14. The second-order valence-electron chi connectivity index (χ2n) is 13.2. The number of rotatable bonds is 24. The van der Waals surface area contributed by atoms with Crippen LogP contribution in [-0.2, 0) is 12.4 Å². The van der Waals surface area contributed by atoms with Crippen molar-refractivity contribution in [3.05, 3.63) is 47.0 Å². The maximum atomic E-state index is 14.1. The van der Waals surface area contributed by atoms with Crippen LogP contribution in [0.25, 0.3) is 0 Å². The van der Waals surface area contributed by atoms with E-state index in [1.54, 1.807) is 12.1 Å². The van der Waals surface area contributed by atoms with E-state index in [2.05, 4.69) is 27.7 Å². The third-order valence-corrected chi connectivity index (χ3v) is 10.5. The van der Waals surface area contributed by atoms with E-state index in [-0.39, 0.29) is 60.7 Å². The van der Waals surface area contributed by atoms with Crippen molar-refractivity contribution in [2.75, 3.05) is 19.8 Å². The number of ether oxygens (including phenoxy) is 3. The fraction of sp³-hybridized carbons (Fsp3) is 0.667. The van der Waals surface area contributed by atoms with Crippen LogP contribution in [0.15, 0.2) is 30.3 Å². The minimum absolute atomic E-state index is 0. The van der Waals surface area contributed by atoms with Gasteiger partial charge in [-0.2, -0.15) is 26.3 Å². The van der Waals surface area contributed by atoms with Crippen molar-refractivity contribution in [1.82, 2.24) is 0 Å². The molecule has 284 valence electrons. The Labute approximate surface area is 315 Å². The van der Waals surface area contributed by atoms with Crippen LogP contribution in [0.2, 0.25) is 0 Å². The standard InChI is InChI=1S/C39H57F6O4P.Li/c1-7-13-17-27(10-4)24-47-30-22-33(48-25-28(11-5)18-14-8-2)36(34(23-30)49-26-29(12-6)19-15-9-3)50-37(46)35-31(38(40,41)42)20-16-21-32(35)39(43,44)45;/h16,20-23,27-29,50H,7-15,17-19,24-26H2,1-6H3;/q;+1. The zero-order chi connectivity index (χ0) is 37.3. The summed E-state index contributed by atoms with van der Waals surface area (Å²) >= 11 is 0. The topological polar surface area (TPSA) is 44.8 Å². The molecule has 0 aliphatic carbocycles. The fourth-order valence-electron chi connectivity index (χ4n) is 5.77. The second-order valence-corrected chi connectivity index (χ2v) is 14.4. The van der Waals surface area contributed by atoms with Crippen molar-refractivity contribution >= 4 is 19.4 Å². The van der Waals surface area contributed by atoms with Crippen molar-refractivity contribution in [2.24, 2.45) is 17.8 Å². The molecular weight excluding hydrogens is 684 g/mol. The number of unbranched alkanes of at least 4 members (excludes halogenated alkanes) is 3. The number of hydrogen-bond donors (Lipinski definition) is 0. The molecule has 0 radical (unpaired) electrons. The molecule has 4 unspecified atom stereocenters. The zero-order valence-corrected chi connectivity index (χ0v) is 32.6. The van der Waals surface area contributed by atoms with E-state index in [9.17, 15) is 31.1 Å². The van der Waals surface area contributed by atoms with Gasteiger partial charge in [-0.05, 0) is 57.7 Å². The monoisotopic (exact) mass is 741 g/mol. The van der Waals surface area contributed by atoms with Gasteiger partial charge in [-0.25, -0.2) is 0 Å². The van der Waals surface area contributed by atoms with Crippen molar-refractivity contribution in [2.45, 2.75) is 131 Å². The minimum atomic E-state index is -5.18. The van der Waals surface area contributed by atoms with E-state index in [0.717, 1.165) is 77.0 Å². The number of halogens is 6. The maximum absolute atomic E-state index is 14.1. The van der Waals surface area contributed by atoms with Gasteiger partial charge in [0.15, 0.2) is 5.52 Å². The molecule has 2 aromatic carbocycles. The quantitative estimate of drug-likeness (QED) is 0.0611. The Morgan fingerprint density at radius 1 is 0.647 bits per heavy atom. The molecule has 0 aromatic heterocycles. The average Bonchev–Trinajstić information content (AvgIpc) is 3.08. The van der Waals surface area contributed by atoms with Crippen LogP contribution in [0.3, 0.4) is 0 Å². The fourth-order valence-corrected chi connectivity index (χ4v) is 6.93. The molecule has 0 heterocycles. The molecule has 0 aliphatic rings. The molecule has 0 amide bonds. The predicted octanol–water partition coefficient (Wildman–Crippen LogP) is 9.66. The summed E-state index contributed by atoms with van der Waals surface area (Å²) in [5, 5.41) is 0.140. The number of benzene rings is 2. The summed E-state index contributed by atoms with van der Waals surface area (Å²) in [5.41, 5.74) is -5.93. The first-order chi connectivity index (χ1) is 23.7. The Morgan fingerprint density at radius 3 is 1.35 bits per heavy atom. The van der Waals surface area contributed by atoms with Gasteiger partial charge in [-0.3, -0.25) is 4.79 Å². The summed E-state index contributed by atoms with van der Waals surface area (Å²) in [6, 6.07) is 4.92. The van der Waals surface area contributed by atoms with Crippen LogP contribution in [0, 0.1) is 17.8 Å². The molecule has 4 nitrogen and oxygen atoms in total. The summed E-state index contributed by atoms with van der Waals surface area (Å²) in [6.45, 7) is 13.4. The molecule has 0 saturated heterocycles. The molecule has 2 aromatic rings. The van der Waals surface area contributed by atoms with Crippen LogP contribution in [0.5, 0.6) is 17.2 Å². The van der Waals surface area contributed by atoms with E-state index in [4.69, 9.17) is 14.2 Å². The van der Waals surface area contributed by atoms with Gasteiger partial charge < -0.3 is 14.2 Å². The van der Waals surface area contributed by atoms with Crippen molar-refractivity contribution in [3.63, 3.8) is 0 Å². The molecule has 4 atom stereocenters. The smallest absolute Gasteiger partial charge is 0.493 e. The van der Waals surface area contributed by atoms with Crippen molar-refractivity contribution in [3.8, 4) is 17.2 Å². The normalized spacial score (nSPS) is 13.9. The molecule has 0 fully saturated rings. The van der Waals surface area contributed by atoms with Gasteiger partial charge in [0.2, 0.25) is 0 Å². The Morgan fingerprint density at radius 2 is 1.02 bits per heavy atom.